The number of piperidine rings is 1. The van der Waals surface area contributed by atoms with Crippen molar-refractivity contribution in [3.05, 3.63) is 35.7 Å². The highest BCUT2D eigenvalue weighted by Crippen LogP contribution is 2.22. The fourth-order valence-corrected chi connectivity index (χ4v) is 3.21. The first-order valence-corrected chi connectivity index (χ1v) is 10.5. The molecule has 1 aromatic carbocycles. The third kappa shape index (κ3) is 6.19. The van der Waals surface area contributed by atoms with Gasteiger partial charge in [-0.3, -0.25) is 4.79 Å². The Hall–Kier alpha value is -2.61. The van der Waals surface area contributed by atoms with Gasteiger partial charge in [-0.05, 0) is 30.5 Å². The molecule has 1 saturated heterocycles. The van der Waals surface area contributed by atoms with Gasteiger partial charge in [0.1, 0.15) is 12.4 Å². The van der Waals surface area contributed by atoms with Crippen LogP contribution in [-0.2, 0) is 16.0 Å². The summed E-state index contributed by atoms with van der Waals surface area (Å²) >= 11 is 0. The van der Waals surface area contributed by atoms with E-state index in [1.54, 1.807) is 19.0 Å². The smallest absolute Gasteiger partial charge is 0.324 e. The molecule has 8 heteroatoms. The number of benzene rings is 1. The number of rotatable bonds is 9. The van der Waals surface area contributed by atoms with Crippen LogP contribution in [0.4, 0.5) is 6.01 Å². The van der Waals surface area contributed by atoms with Crippen molar-refractivity contribution in [1.82, 2.24) is 15.0 Å². The number of nitrogens with zero attached hydrogens (tertiary/aromatic N) is 4. The Labute approximate surface area is 178 Å². The SMILES string of the molecule is CC(C)c1noc(N2CCC(OCCOc3ccc(CC(=O)N(C)C)cc3)CC2)n1. The summed E-state index contributed by atoms with van der Waals surface area (Å²) in [5, 5.41) is 4.03. The van der Waals surface area contributed by atoms with Gasteiger partial charge in [-0.2, -0.15) is 4.98 Å². The van der Waals surface area contributed by atoms with E-state index in [9.17, 15) is 4.79 Å². The van der Waals surface area contributed by atoms with Gasteiger partial charge in [-0.15, -0.1) is 0 Å². The first-order chi connectivity index (χ1) is 14.4. The lowest BCUT2D eigenvalue weighted by atomic mass is 10.1. The summed E-state index contributed by atoms with van der Waals surface area (Å²) in [5.74, 6) is 1.88. The van der Waals surface area contributed by atoms with Crippen molar-refractivity contribution in [2.24, 2.45) is 0 Å². The summed E-state index contributed by atoms with van der Waals surface area (Å²) in [5.41, 5.74) is 0.978. The number of hydrogen-bond acceptors (Lipinski definition) is 7. The Morgan fingerprint density at radius 3 is 2.50 bits per heavy atom. The highest BCUT2D eigenvalue weighted by Gasteiger charge is 2.24. The number of aromatic nitrogens is 2. The van der Waals surface area contributed by atoms with E-state index in [4.69, 9.17) is 14.0 Å². The number of ether oxygens (including phenoxy) is 2. The molecule has 1 aliphatic rings. The molecule has 30 heavy (non-hydrogen) atoms. The molecule has 0 aliphatic carbocycles. The summed E-state index contributed by atoms with van der Waals surface area (Å²) < 4.78 is 17.1. The second-order valence-corrected chi connectivity index (χ2v) is 8.10. The molecule has 1 amide bonds. The van der Waals surface area contributed by atoms with Crippen LogP contribution in [0.15, 0.2) is 28.8 Å². The Morgan fingerprint density at radius 1 is 1.20 bits per heavy atom. The number of anilines is 1. The quantitative estimate of drug-likeness (QED) is 0.582. The topological polar surface area (TPSA) is 80.9 Å². The van der Waals surface area contributed by atoms with E-state index in [1.807, 2.05) is 24.3 Å². The minimum atomic E-state index is 0.0857. The van der Waals surface area contributed by atoms with Crippen molar-refractivity contribution in [1.29, 1.82) is 0 Å². The normalized spacial score (nSPS) is 14.9. The van der Waals surface area contributed by atoms with Crippen molar-refractivity contribution >= 4 is 11.9 Å². The molecule has 3 rings (SSSR count). The second-order valence-electron chi connectivity index (χ2n) is 8.10. The average Bonchev–Trinajstić information content (AvgIpc) is 3.23. The molecule has 0 saturated carbocycles. The van der Waals surface area contributed by atoms with E-state index < -0.39 is 0 Å². The van der Waals surface area contributed by atoms with Crippen LogP contribution in [0.25, 0.3) is 0 Å². The van der Waals surface area contributed by atoms with Crippen LogP contribution >= 0.6 is 0 Å². The van der Waals surface area contributed by atoms with Crippen LogP contribution in [0.1, 0.15) is 44.0 Å². The lowest BCUT2D eigenvalue weighted by Crippen LogP contribution is -2.37. The van der Waals surface area contributed by atoms with Crippen LogP contribution in [0, 0.1) is 0 Å². The number of carbonyl (C=O) groups excluding carboxylic acids is 1. The molecule has 0 unspecified atom stereocenters. The van der Waals surface area contributed by atoms with Gasteiger partial charge >= 0.3 is 6.01 Å². The molecule has 0 N–H and O–H groups in total. The van der Waals surface area contributed by atoms with Gasteiger partial charge in [-0.25, -0.2) is 0 Å². The molecule has 164 valence electrons. The van der Waals surface area contributed by atoms with Crippen molar-refractivity contribution in [3.8, 4) is 5.75 Å². The van der Waals surface area contributed by atoms with Crippen LogP contribution in [0.2, 0.25) is 0 Å². The van der Waals surface area contributed by atoms with Crippen LogP contribution in [0.5, 0.6) is 5.75 Å². The van der Waals surface area contributed by atoms with Crippen molar-refractivity contribution < 1.29 is 18.8 Å². The summed E-state index contributed by atoms with van der Waals surface area (Å²) in [7, 11) is 3.52. The van der Waals surface area contributed by atoms with Crippen molar-refractivity contribution in [2.75, 3.05) is 45.3 Å². The standard InChI is InChI=1S/C22H32N4O4/c1-16(2)21-23-22(30-24-21)26-11-9-19(10-12-26)29-14-13-28-18-7-5-17(6-8-18)15-20(27)25(3)4/h5-8,16,19H,9-15H2,1-4H3. The predicted octanol–water partition coefficient (Wildman–Crippen LogP) is 2.89. The molecule has 0 radical (unpaired) electrons. The number of likely N-dealkylation sites (N-methyl/N-ethyl adjacent to an activating group) is 1. The number of hydrogen-bond donors (Lipinski definition) is 0. The summed E-state index contributed by atoms with van der Waals surface area (Å²) in [6, 6.07) is 8.25. The maximum Gasteiger partial charge on any atom is 0.324 e. The summed E-state index contributed by atoms with van der Waals surface area (Å²) in [6.07, 6.45) is 2.47. The van der Waals surface area contributed by atoms with Crippen LogP contribution in [-0.4, -0.2) is 67.5 Å². The molecular weight excluding hydrogens is 384 g/mol. The zero-order valence-electron chi connectivity index (χ0n) is 18.3. The van der Waals surface area contributed by atoms with Crippen LogP contribution in [0.3, 0.4) is 0 Å². The zero-order valence-corrected chi connectivity index (χ0v) is 18.3. The molecule has 1 fully saturated rings. The van der Waals surface area contributed by atoms with E-state index in [2.05, 4.69) is 28.9 Å². The van der Waals surface area contributed by atoms with Gasteiger partial charge < -0.3 is 23.8 Å². The maximum absolute atomic E-state index is 11.8. The van der Waals surface area contributed by atoms with E-state index in [0.717, 1.165) is 43.1 Å². The van der Waals surface area contributed by atoms with E-state index in [0.29, 0.717) is 25.6 Å². The fourth-order valence-electron chi connectivity index (χ4n) is 3.21. The molecule has 1 aliphatic heterocycles. The molecular formula is C22H32N4O4. The maximum atomic E-state index is 11.8. The number of amides is 1. The van der Waals surface area contributed by atoms with Gasteiger partial charge in [-0.1, -0.05) is 31.1 Å². The van der Waals surface area contributed by atoms with Gasteiger partial charge in [0.25, 0.3) is 0 Å². The van der Waals surface area contributed by atoms with E-state index in [1.165, 1.54) is 0 Å². The van der Waals surface area contributed by atoms with Crippen LogP contribution < -0.4 is 9.64 Å². The van der Waals surface area contributed by atoms with Crippen molar-refractivity contribution in [2.45, 2.75) is 45.1 Å². The minimum absolute atomic E-state index is 0.0857. The minimum Gasteiger partial charge on any atom is -0.491 e. The molecule has 8 nitrogen and oxygen atoms in total. The zero-order chi connectivity index (χ0) is 21.5. The summed E-state index contributed by atoms with van der Waals surface area (Å²) in [4.78, 5) is 19.9. The Morgan fingerprint density at radius 2 is 1.90 bits per heavy atom. The number of carbonyl (C=O) groups is 1. The largest absolute Gasteiger partial charge is 0.491 e. The van der Waals surface area contributed by atoms with Gasteiger partial charge in [0.15, 0.2) is 5.82 Å². The average molecular weight is 417 g/mol. The summed E-state index contributed by atoms with van der Waals surface area (Å²) in [6.45, 7) is 6.84. The van der Waals surface area contributed by atoms with Gasteiger partial charge in [0, 0.05) is 33.1 Å². The fraction of sp³-hybridized carbons (Fsp3) is 0.591. The Balaban J connectivity index is 1.33. The first kappa shape index (κ1) is 22.1. The Bertz CT molecular complexity index is 796. The molecule has 0 spiro atoms. The first-order valence-electron chi connectivity index (χ1n) is 10.5. The molecule has 0 atom stereocenters. The van der Waals surface area contributed by atoms with Gasteiger partial charge in [0.2, 0.25) is 5.91 Å². The van der Waals surface area contributed by atoms with E-state index in [-0.39, 0.29) is 17.9 Å². The molecule has 2 heterocycles. The second kappa shape index (κ2) is 10.4. The van der Waals surface area contributed by atoms with Crippen molar-refractivity contribution in [3.63, 3.8) is 0 Å². The third-order valence-corrected chi connectivity index (χ3v) is 5.14. The Kier molecular flexibility index (Phi) is 7.68. The molecule has 0 bridgehead atoms. The monoisotopic (exact) mass is 416 g/mol. The third-order valence-electron chi connectivity index (χ3n) is 5.14. The highest BCUT2D eigenvalue weighted by molar-refractivity contribution is 5.78. The lowest BCUT2D eigenvalue weighted by Gasteiger charge is -2.30. The van der Waals surface area contributed by atoms with E-state index >= 15 is 0 Å². The predicted molar refractivity (Wildman–Crippen MR) is 114 cm³/mol. The molecule has 1 aromatic heterocycles. The lowest BCUT2D eigenvalue weighted by molar-refractivity contribution is -0.127. The molecule has 2 aromatic rings. The highest BCUT2D eigenvalue weighted by atomic mass is 16.5. The van der Waals surface area contributed by atoms with Gasteiger partial charge in [0.05, 0.1) is 19.1 Å².